The van der Waals surface area contributed by atoms with Gasteiger partial charge < -0.3 is 14.9 Å². The van der Waals surface area contributed by atoms with Crippen LogP contribution in [-0.2, 0) is 10.3 Å². The SMILES string of the molecule is COC(=O)c1ccc(C2(N)CCCC2)o1. The third kappa shape index (κ3) is 1.77. The highest BCUT2D eigenvalue weighted by atomic mass is 16.5. The van der Waals surface area contributed by atoms with E-state index in [2.05, 4.69) is 4.74 Å². The third-order valence-electron chi connectivity index (χ3n) is 2.98. The smallest absolute Gasteiger partial charge is 0.373 e. The second-order valence-electron chi connectivity index (χ2n) is 4.02. The fourth-order valence-corrected chi connectivity index (χ4v) is 2.07. The molecule has 4 nitrogen and oxygen atoms in total. The molecule has 82 valence electrons. The van der Waals surface area contributed by atoms with Crippen LogP contribution in [0.1, 0.15) is 42.0 Å². The maximum Gasteiger partial charge on any atom is 0.373 e. The highest BCUT2D eigenvalue weighted by molar-refractivity contribution is 5.86. The molecule has 4 heteroatoms. The lowest BCUT2D eigenvalue weighted by atomic mass is 9.96. The summed E-state index contributed by atoms with van der Waals surface area (Å²) >= 11 is 0. The lowest BCUT2D eigenvalue weighted by Gasteiger charge is -2.19. The lowest BCUT2D eigenvalue weighted by molar-refractivity contribution is 0.0560. The monoisotopic (exact) mass is 209 g/mol. The van der Waals surface area contributed by atoms with Gasteiger partial charge in [-0.1, -0.05) is 12.8 Å². The topological polar surface area (TPSA) is 65.5 Å². The Bertz CT molecular complexity index is 364. The number of hydrogen-bond acceptors (Lipinski definition) is 4. The van der Waals surface area contributed by atoms with Gasteiger partial charge in [0.1, 0.15) is 5.76 Å². The predicted molar refractivity (Wildman–Crippen MR) is 54.4 cm³/mol. The summed E-state index contributed by atoms with van der Waals surface area (Å²) in [6, 6.07) is 3.39. The highest BCUT2D eigenvalue weighted by Crippen LogP contribution is 2.36. The first-order valence-electron chi connectivity index (χ1n) is 5.13. The summed E-state index contributed by atoms with van der Waals surface area (Å²) in [5.74, 6) is 0.465. The van der Waals surface area contributed by atoms with Gasteiger partial charge in [-0.3, -0.25) is 0 Å². The Morgan fingerprint density at radius 2 is 2.13 bits per heavy atom. The van der Waals surface area contributed by atoms with Gasteiger partial charge in [-0.25, -0.2) is 4.79 Å². The van der Waals surface area contributed by atoms with Crippen LogP contribution in [0.5, 0.6) is 0 Å². The fraction of sp³-hybridized carbons (Fsp3) is 0.545. The van der Waals surface area contributed by atoms with Crippen LogP contribution >= 0.6 is 0 Å². The van der Waals surface area contributed by atoms with Crippen molar-refractivity contribution in [2.45, 2.75) is 31.2 Å². The first-order chi connectivity index (χ1) is 7.15. The Hall–Kier alpha value is -1.29. The molecule has 0 aliphatic heterocycles. The fourth-order valence-electron chi connectivity index (χ4n) is 2.07. The van der Waals surface area contributed by atoms with E-state index in [1.807, 2.05) is 0 Å². The Labute approximate surface area is 88.4 Å². The molecule has 1 aromatic rings. The molecular weight excluding hydrogens is 194 g/mol. The molecule has 0 spiro atoms. The van der Waals surface area contributed by atoms with E-state index in [0.717, 1.165) is 25.7 Å². The summed E-state index contributed by atoms with van der Waals surface area (Å²) in [6.07, 6.45) is 4.07. The van der Waals surface area contributed by atoms with Crippen molar-refractivity contribution in [1.29, 1.82) is 0 Å². The summed E-state index contributed by atoms with van der Waals surface area (Å²) in [5, 5.41) is 0. The van der Waals surface area contributed by atoms with Crippen molar-refractivity contribution in [1.82, 2.24) is 0 Å². The number of carbonyl (C=O) groups excluding carboxylic acids is 1. The molecule has 1 heterocycles. The van der Waals surface area contributed by atoms with Crippen molar-refractivity contribution >= 4 is 5.97 Å². The molecule has 1 aliphatic rings. The molecule has 0 atom stereocenters. The third-order valence-corrected chi connectivity index (χ3v) is 2.98. The largest absolute Gasteiger partial charge is 0.463 e. The van der Waals surface area contributed by atoms with Crippen LogP contribution in [0.15, 0.2) is 16.5 Å². The Kier molecular flexibility index (Phi) is 2.52. The van der Waals surface area contributed by atoms with Gasteiger partial charge in [0.05, 0.1) is 12.6 Å². The van der Waals surface area contributed by atoms with Gasteiger partial charge >= 0.3 is 5.97 Å². The average molecular weight is 209 g/mol. The zero-order valence-electron chi connectivity index (χ0n) is 8.79. The number of hydrogen-bond donors (Lipinski definition) is 1. The van der Waals surface area contributed by atoms with Crippen molar-refractivity contribution in [2.75, 3.05) is 7.11 Å². The van der Waals surface area contributed by atoms with Crippen LogP contribution in [0.3, 0.4) is 0 Å². The van der Waals surface area contributed by atoms with Crippen molar-refractivity contribution in [3.05, 3.63) is 23.7 Å². The van der Waals surface area contributed by atoms with Crippen LogP contribution < -0.4 is 5.73 Å². The van der Waals surface area contributed by atoms with E-state index in [4.69, 9.17) is 10.2 Å². The van der Waals surface area contributed by atoms with Crippen molar-refractivity contribution in [3.63, 3.8) is 0 Å². The number of rotatable bonds is 2. The second kappa shape index (κ2) is 3.70. The molecule has 0 unspecified atom stereocenters. The molecule has 0 radical (unpaired) electrons. The molecule has 0 aromatic carbocycles. The Morgan fingerprint density at radius 1 is 1.47 bits per heavy atom. The van der Waals surface area contributed by atoms with E-state index < -0.39 is 5.97 Å². The second-order valence-corrected chi connectivity index (χ2v) is 4.02. The minimum absolute atomic E-state index is 0.226. The van der Waals surface area contributed by atoms with Crippen LogP contribution in [-0.4, -0.2) is 13.1 Å². The van der Waals surface area contributed by atoms with E-state index in [-0.39, 0.29) is 11.3 Å². The van der Waals surface area contributed by atoms with E-state index in [0.29, 0.717) is 5.76 Å². The number of carbonyl (C=O) groups is 1. The summed E-state index contributed by atoms with van der Waals surface area (Å²) in [7, 11) is 1.33. The lowest BCUT2D eigenvalue weighted by Crippen LogP contribution is -2.32. The van der Waals surface area contributed by atoms with Crippen LogP contribution in [0.4, 0.5) is 0 Å². The maximum absolute atomic E-state index is 11.2. The van der Waals surface area contributed by atoms with E-state index in [1.54, 1.807) is 12.1 Å². The maximum atomic E-state index is 11.2. The summed E-state index contributed by atoms with van der Waals surface area (Å²) in [6.45, 7) is 0. The summed E-state index contributed by atoms with van der Waals surface area (Å²) < 4.78 is 10.00. The van der Waals surface area contributed by atoms with Crippen LogP contribution in [0, 0.1) is 0 Å². The number of ether oxygens (including phenoxy) is 1. The van der Waals surface area contributed by atoms with E-state index in [1.165, 1.54) is 7.11 Å². The van der Waals surface area contributed by atoms with Crippen molar-refractivity contribution < 1.29 is 13.9 Å². The van der Waals surface area contributed by atoms with Gasteiger partial charge in [0.25, 0.3) is 0 Å². The van der Waals surface area contributed by atoms with Crippen molar-refractivity contribution in [2.24, 2.45) is 5.73 Å². The van der Waals surface area contributed by atoms with Gasteiger partial charge in [0.15, 0.2) is 0 Å². The molecule has 1 saturated carbocycles. The molecule has 0 amide bonds. The van der Waals surface area contributed by atoms with Crippen molar-refractivity contribution in [3.8, 4) is 0 Å². The minimum Gasteiger partial charge on any atom is -0.463 e. The molecular formula is C11H15NO3. The van der Waals surface area contributed by atoms with Gasteiger partial charge in [0.2, 0.25) is 5.76 Å². The summed E-state index contributed by atoms with van der Waals surface area (Å²) in [4.78, 5) is 11.2. The van der Waals surface area contributed by atoms with Gasteiger partial charge in [-0.05, 0) is 25.0 Å². The molecule has 1 fully saturated rings. The van der Waals surface area contributed by atoms with Gasteiger partial charge in [-0.2, -0.15) is 0 Å². The number of esters is 1. The molecule has 0 bridgehead atoms. The average Bonchev–Trinajstić information content (AvgIpc) is 2.85. The minimum atomic E-state index is -0.456. The predicted octanol–water partition coefficient (Wildman–Crippen LogP) is 1.79. The molecule has 15 heavy (non-hydrogen) atoms. The van der Waals surface area contributed by atoms with E-state index >= 15 is 0 Å². The standard InChI is InChI=1S/C11H15NO3/c1-14-10(13)8-4-5-9(15-8)11(12)6-2-3-7-11/h4-5H,2-3,6-7,12H2,1H3. The normalized spacial score (nSPS) is 19.1. The Morgan fingerprint density at radius 3 is 2.73 bits per heavy atom. The Balaban J connectivity index is 2.23. The number of methoxy groups -OCH3 is 1. The first kappa shape index (κ1) is 10.2. The first-order valence-corrected chi connectivity index (χ1v) is 5.13. The van der Waals surface area contributed by atoms with E-state index in [9.17, 15) is 4.79 Å². The van der Waals surface area contributed by atoms with Gasteiger partial charge in [-0.15, -0.1) is 0 Å². The molecule has 2 rings (SSSR count). The molecule has 1 aliphatic carbocycles. The van der Waals surface area contributed by atoms with Crippen LogP contribution in [0.2, 0.25) is 0 Å². The number of nitrogens with two attached hydrogens (primary N) is 1. The quantitative estimate of drug-likeness (QED) is 0.754. The zero-order valence-corrected chi connectivity index (χ0v) is 8.79. The molecule has 1 aromatic heterocycles. The number of furan rings is 1. The molecule has 0 saturated heterocycles. The van der Waals surface area contributed by atoms with Gasteiger partial charge in [0, 0.05) is 0 Å². The molecule has 2 N–H and O–H groups in total. The summed E-state index contributed by atoms with van der Waals surface area (Å²) in [5.41, 5.74) is 5.81. The van der Waals surface area contributed by atoms with Crippen LogP contribution in [0.25, 0.3) is 0 Å². The highest BCUT2D eigenvalue weighted by Gasteiger charge is 2.34. The zero-order chi connectivity index (χ0) is 10.9.